The lowest BCUT2D eigenvalue weighted by atomic mass is 10.2. The monoisotopic (exact) mass is 276 g/mol. The standard InChI is InChI=1S/C14H17FN4O/c15-12-6-5-10(16)9-11(12)13-17-14(18-20-13)19-7-3-1-2-4-8-19/h5-6,9H,1-4,7-8,16H2. The molecule has 0 spiro atoms. The lowest BCUT2D eigenvalue weighted by molar-refractivity contribution is 0.426. The lowest BCUT2D eigenvalue weighted by Gasteiger charge is -2.16. The fourth-order valence-electron chi connectivity index (χ4n) is 2.43. The second-order valence-electron chi connectivity index (χ2n) is 5.04. The number of benzene rings is 1. The third kappa shape index (κ3) is 2.59. The van der Waals surface area contributed by atoms with Crippen LogP contribution in [0.2, 0.25) is 0 Å². The summed E-state index contributed by atoms with van der Waals surface area (Å²) in [5, 5.41) is 3.96. The molecule has 0 bridgehead atoms. The van der Waals surface area contributed by atoms with Gasteiger partial charge in [0.2, 0.25) is 0 Å². The van der Waals surface area contributed by atoms with E-state index < -0.39 is 5.82 Å². The normalized spacial score (nSPS) is 16.1. The maximum atomic E-state index is 13.8. The Balaban J connectivity index is 1.87. The molecule has 1 saturated heterocycles. The number of nitrogens with two attached hydrogens (primary N) is 1. The summed E-state index contributed by atoms with van der Waals surface area (Å²) in [6.45, 7) is 1.83. The molecular weight excluding hydrogens is 259 g/mol. The maximum absolute atomic E-state index is 13.8. The molecule has 2 aromatic rings. The highest BCUT2D eigenvalue weighted by Gasteiger charge is 2.18. The van der Waals surface area contributed by atoms with Gasteiger partial charge in [0.1, 0.15) is 5.82 Å². The minimum Gasteiger partial charge on any atom is -0.399 e. The Labute approximate surface area is 116 Å². The van der Waals surface area contributed by atoms with Gasteiger partial charge in [0.15, 0.2) is 0 Å². The number of hydrogen-bond donors (Lipinski definition) is 1. The fraction of sp³-hybridized carbons (Fsp3) is 0.429. The van der Waals surface area contributed by atoms with Crippen LogP contribution in [0.25, 0.3) is 11.5 Å². The van der Waals surface area contributed by atoms with Gasteiger partial charge in [-0.05, 0) is 36.2 Å². The fourth-order valence-corrected chi connectivity index (χ4v) is 2.43. The Morgan fingerprint density at radius 2 is 1.90 bits per heavy atom. The Hall–Kier alpha value is -2.11. The minimum absolute atomic E-state index is 0.175. The summed E-state index contributed by atoms with van der Waals surface area (Å²) < 4.78 is 19.0. The van der Waals surface area contributed by atoms with Crippen LogP contribution in [0.1, 0.15) is 25.7 Å². The number of aromatic nitrogens is 2. The SMILES string of the molecule is Nc1ccc(F)c(-c2nc(N3CCCCCC3)no2)c1. The Morgan fingerprint density at radius 3 is 2.65 bits per heavy atom. The molecule has 0 aliphatic carbocycles. The van der Waals surface area contributed by atoms with Crippen molar-refractivity contribution in [1.82, 2.24) is 10.1 Å². The van der Waals surface area contributed by atoms with Crippen molar-refractivity contribution < 1.29 is 8.91 Å². The highest BCUT2D eigenvalue weighted by molar-refractivity contribution is 5.61. The molecule has 1 aromatic carbocycles. The van der Waals surface area contributed by atoms with Crippen LogP contribution in [0.15, 0.2) is 22.7 Å². The van der Waals surface area contributed by atoms with E-state index in [9.17, 15) is 4.39 Å². The number of rotatable bonds is 2. The zero-order chi connectivity index (χ0) is 13.9. The van der Waals surface area contributed by atoms with Gasteiger partial charge in [-0.15, -0.1) is 0 Å². The molecule has 5 nitrogen and oxygen atoms in total. The first kappa shape index (κ1) is 12.9. The van der Waals surface area contributed by atoms with Gasteiger partial charge in [-0.25, -0.2) is 4.39 Å². The summed E-state index contributed by atoms with van der Waals surface area (Å²) in [5.74, 6) is 0.294. The van der Waals surface area contributed by atoms with Gasteiger partial charge in [0, 0.05) is 18.8 Å². The number of anilines is 2. The first-order chi connectivity index (χ1) is 9.74. The molecule has 1 fully saturated rings. The van der Waals surface area contributed by atoms with Crippen molar-refractivity contribution in [3.05, 3.63) is 24.0 Å². The van der Waals surface area contributed by atoms with Gasteiger partial charge < -0.3 is 15.2 Å². The molecule has 0 radical (unpaired) electrons. The second-order valence-corrected chi connectivity index (χ2v) is 5.04. The van der Waals surface area contributed by atoms with E-state index in [2.05, 4.69) is 15.0 Å². The molecule has 0 saturated carbocycles. The number of hydrogen-bond acceptors (Lipinski definition) is 5. The van der Waals surface area contributed by atoms with Crippen LogP contribution in [-0.2, 0) is 0 Å². The van der Waals surface area contributed by atoms with E-state index in [1.807, 2.05) is 0 Å². The van der Waals surface area contributed by atoms with E-state index >= 15 is 0 Å². The highest BCUT2D eigenvalue weighted by atomic mass is 19.1. The average Bonchev–Trinajstić information content (AvgIpc) is 2.77. The lowest BCUT2D eigenvalue weighted by Crippen LogP contribution is -2.24. The summed E-state index contributed by atoms with van der Waals surface area (Å²) in [6, 6.07) is 4.32. The van der Waals surface area contributed by atoms with Crippen LogP contribution < -0.4 is 10.6 Å². The number of halogens is 1. The van der Waals surface area contributed by atoms with Gasteiger partial charge in [-0.3, -0.25) is 0 Å². The second kappa shape index (κ2) is 5.48. The van der Waals surface area contributed by atoms with E-state index in [1.54, 1.807) is 0 Å². The summed E-state index contributed by atoms with van der Waals surface area (Å²) in [6.07, 6.45) is 4.70. The van der Waals surface area contributed by atoms with Crippen LogP contribution >= 0.6 is 0 Å². The van der Waals surface area contributed by atoms with E-state index in [4.69, 9.17) is 10.3 Å². The molecule has 2 heterocycles. The van der Waals surface area contributed by atoms with Crippen molar-refractivity contribution in [2.24, 2.45) is 0 Å². The molecule has 3 rings (SSSR count). The summed E-state index contributed by atoms with van der Waals surface area (Å²) in [4.78, 5) is 6.39. The molecule has 2 N–H and O–H groups in total. The molecule has 1 aliphatic rings. The Morgan fingerprint density at radius 1 is 1.15 bits per heavy atom. The van der Waals surface area contributed by atoms with E-state index in [0.29, 0.717) is 11.6 Å². The molecule has 0 atom stereocenters. The van der Waals surface area contributed by atoms with Crippen molar-refractivity contribution in [3.8, 4) is 11.5 Å². The van der Waals surface area contributed by atoms with Crippen LogP contribution in [0.3, 0.4) is 0 Å². The molecule has 0 unspecified atom stereocenters. The van der Waals surface area contributed by atoms with E-state index in [1.165, 1.54) is 31.0 Å². The van der Waals surface area contributed by atoms with Crippen molar-refractivity contribution in [2.45, 2.75) is 25.7 Å². The van der Waals surface area contributed by atoms with Crippen LogP contribution in [0.4, 0.5) is 16.0 Å². The zero-order valence-corrected chi connectivity index (χ0v) is 11.2. The quantitative estimate of drug-likeness (QED) is 0.854. The van der Waals surface area contributed by atoms with Crippen molar-refractivity contribution in [3.63, 3.8) is 0 Å². The predicted octanol–water partition coefficient (Wildman–Crippen LogP) is 2.84. The third-order valence-corrected chi connectivity index (χ3v) is 3.53. The molecule has 20 heavy (non-hydrogen) atoms. The van der Waals surface area contributed by atoms with Gasteiger partial charge >= 0.3 is 0 Å². The summed E-state index contributed by atoms with van der Waals surface area (Å²) in [7, 11) is 0. The molecule has 106 valence electrons. The molecular formula is C14H17FN4O. The molecule has 1 aliphatic heterocycles. The smallest absolute Gasteiger partial charge is 0.266 e. The first-order valence-electron chi connectivity index (χ1n) is 6.88. The average molecular weight is 276 g/mol. The largest absolute Gasteiger partial charge is 0.399 e. The molecule has 0 amide bonds. The van der Waals surface area contributed by atoms with E-state index in [0.717, 1.165) is 25.9 Å². The van der Waals surface area contributed by atoms with Crippen LogP contribution in [-0.4, -0.2) is 23.2 Å². The van der Waals surface area contributed by atoms with Gasteiger partial charge in [0.05, 0.1) is 5.56 Å². The topological polar surface area (TPSA) is 68.2 Å². The zero-order valence-electron chi connectivity index (χ0n) is 11.2. The molecule has 1 aromatic heterocycles. The minimum atomic E-state index is -0.412. The third-order valence-electron chi connectivity index (χ3n) is 3.53. The first-order valence-corrected chi connectivity index (χ1v) is 6.88. The van der Waals surface area contributed by atoms with Gasteiger partial charge in [-0.1, -0.05) is 12.8 Å². The summed E-state index contributed by atoms with van der Waals surface area (Å²) in [5.41, 5.74) is 6.39. The molecule has 6 heteroatoms. The van der Waals surface area contributed by atoms with Crippen LogP contribution in [0, 0.1) is 5.82 Å². The van der Waals surface area contributed by atoms with Crippen molar-refractivity contribution in [1.29, 1.82) is 0 Å². The van der Waals surface area contributed by atoms with Gasteiger partial charge in [-0.2, -0.15) is 4.98 Å². The van der Waals surface area contributed by atoms with E-state index in [-0.39, 0.29) is 11.5 Å². The number of nitrogens with zero attached hydrogens (tertiary/aromatic N) is 3. The predicted molar refractivity (Wildman–Crippen MR) is 74.8 cm³/mol. The highest BCUT2D eigenvalue weighted by Crippen LogP contribution is 2.26. The van der Waals surface area contributed by atoms with Gasteiger partial charge in [0.25, 0.3) is 11.8 Å². The Kier molecular flexibility index (Phi) is 3.54. The summed E-state index contributed by atoms with van der Waals surface area (Å²) >= 11 is 0. The number of nitrogen functional groups attached to an aromatic ring is 1. The van der Waals surface area contributed by atoms with Crippen molar-refractivity contribution >= 4 is 11.6 Å². The maximum Gasteiger partial charge on any atom is 0.266 e. The van der Waals surface area contributed by atoms with Crippen LogP contribution in [0.5, 0.6) is 0 Å². The van der Waals surface area contributed by atoms with Crippen molar-refractivity contribution in [2.75, 3.05) is 23.7 Å². The Bertz CT molecular complexity index is 591.